The number of benzene rings is 18. The lowest BCUT2D eigenvalue weighted by Gasteiger charge is -2.35. The summed E-state index contributed by atoms with van der Waals surface area (Å²) in [5.74, 6) is -12.6. The summed E-state index contributed by atoms with van der Waals surface area (Å²) in [4.78, 5) is 5.16. The van der Waals surface area contributed by atoms with Gasteiger partial charge < -0.3 is 14.7 Å². The predicted octanol–water partition coefficient (Wildman–Crippen LogP) is 31.1. The SMILES string of the molecule is N#Cc1c(F)c(F)c(F)c(F)c1F.N#Cc1c(N(c2ccc(-c3ccccc3)cc2)c2ccc(-c3ccccc3)cc2)c(F)c(N(c2ccc(-c3ccccc3)cc2)c2ccc(-c3ccccc3)cc2)c(F)c1N(c1ccc(-c2ccccc2)cc1)c1ccc(-c2ccccc2)cc1.c1ccc(-c2ccc(Cc3ccc(-c4ccccc4)cc3)cc2)cc1. The third-order valence-electron chi connectivity index (χ3n) is 21.3. The maximum atomic E-state index is 19.8. The molecular weight excluding hydrogens is 1540 g/mol. The van der Waals surface area contributed by atoms with Crippen LogP contribution >= 0.6 is 0 Å². The number of nitrogens with zero attached hydrogens (tertiary/aromatic N) is 5. The van der Waals surface area contributed by atoms with E-state index in [1.54, 1.807) is 14.7 Å². The molecule has 18 rings (SSSR count). The van der Waals surface area contributed by atoms with E-state index in [1.165, 1.54) is 33.4 Å². The average Bonchev–Trinajstić information content (AvgIpc) is 0.722. The Bertz CT molecular complexity index is 6140. The summed E-state index contributed by atoms with van der Waals surface area (Å²) < 4.78 is 101. The molecule has 0 atom stereocenters. The normalized spacial score (nSPS) is 10.7. The number of rotatable bonds is 19. The van der Waals surface area contributed by atoms with Gasteiger partial charge in [-0.2, -0.15) is 10.5 Å². The fourth-order valence-electron chi connectivity index (χ4n) is 15.0. The summed E-state index contributed by atoms with van der Waals surface area (Å²) in [6, 6.07) is 149. The van der Waals surface area contributed by atoms with Gasteiger partial charge in [0.15, 0.2) is 34.9 Å². The van der Waals surface area contributed by atoms with Gasteiger partial charge in [0.1, 0.15) is 40.3 Å². The standard InChI is InChI=1S/C79H54F2N4.C25H20.C7F5N/c80-75-77(83(68-43-31-62(32-44-68)56-19-7-1-8-20-56)69-45-33-63(34-46-69)57-21-9-2-10-22-57)74(55-82)78(84(70-47-35-64(36-48-70)58-23-11-3-12-24-58)71-49-37-65(38-50-71)59-25-13-4-14-26-59)76(81)79(75)85(72-51-39-66(40-52-72)60-27-15-5-16-28-60)73-53-41-67(42-54-73)61-29-17-6-18-30-61;1-3-7-22(8-4-1)24-15-11-20(12-16-24)19-21-13-17-25(18-14-21)23-9-5-2-6-10-23;8-3-2(1-13)4(9)6(11)7(12)5(3)10/h1-54H;1-18H,19H2;. The van der Waals surface area contributed by atoms with Crippen LogP contribution in [0.25, 0.3) is 89.0 Å². The summed E-state index contributed by atoms with van der Waals surface area (Å²) in [5.41, 5.74) is 20.1. The van der Waals surface area contributed by atoms with E-state index in [0.29, 0.717) is 34.1 Å². The quantitative estimate of drug-likeness (QED) is 0.0459. The van der Waals surface area contributed by atoms with Gasteiger partial charge in [0.05, 0.1) is 0 Å². The third kappa shape index (κ3) is 18.0. The molecule has 18 aromatic rings. The molecule has 0 spiro atoms. The van der Waals surface area contributed by atoms with E-state index in [0.717, 1.165) is 79.3 Å². The Balaban J connectivity index is 0.000000240. The molecule has 12 heteroatoms. The molecule has 0 aliphatic carbocycles. The zero-order valence-electron chi connectivity index (χ0n) is 66.2. The van der Waals surface area contributed by atoms with Crippen LogP contribution in [0.3, 0.4) is 0 Å². The predicted molar refractivity (Wildman–Crippen MR) is 485 cm³/mol. The van der Waals surface area contributed by atoms with Crippen LogP contribution < -0.4 is 14.7 Å². The molecule has 0 saturated heterocycles. The zero-order chi connectivity index (χ0) is 84.5. The van der Waals surface area contributed by atoms with E-state index in [4.69, 9.17) is 5.26 Å². The van der Waals surface area contributed by atoms with Gasteiger partial charge in [-0.15, -0.1) is 0 Å². The van der Waals surface area contributed by atoms with E-state index in [2.05, 4.69) is 115 Å². The molecule has 5 nitrogen and oxygen atoms in total. The van der Waals surface area contributed by atoms with Crippen molar-refractivity contribution < 1.29 is 30.7 Å². The van der Waals surface area contributed by atoms with Gasteiger partial charge in [-0.3, -0.25) is 0 Å². The Hall–Kier alpha value is -16.2. The molecular formula is C111H74F7N5. The van der Waals surface area contributed by atoms with Gasteiger partial charge in [0, 0.05) is 34.1 Å². The molecule has 0 aliphatic heterocycles. The largest absolute Gasteiger partial charge is 0.306 e. The molecule has 0 fully saturated rings. The Morgan fingerprint density at radius 2 is 0.317 bits per heavy atom. The number of halogens is 7. The molecule has 0 bridgehead atoms. The first kappa shape index (κ1) is 80.6. The second-order valence-corrected chi connectivity index (χ2v) is 29.0. The van der Waals surface area contributed by atoms with Gasteiger partial charge >= 0.3 is 0 Å². The Morgan fingerprint density at radius 1 is 0.163 bits per heavy atom. The molecule has 0 saturated carbocycles. The Morgan fingerprint density at radius 3 is 0.496 bits per heavy atom. The molecule has 592 valence electrons. The molecule has 18 aromatic carbocycles. The summed E-state index contributed by atoms with van der Waals surface area (Å²) >= 11 is 0. The monoisotopic (exact) mass is 1610 g/mol. The van der Waals surface area contributed by atoms with Crippen molar-refractivity contribution in [1.82, 2.24) is 0 Å². The first-order chi connectivity index (χ1) is 60.4. The fraction of sp³-hybridized carbons (Fsp3) is 0.00901. The topological polar surface area (TPSA) is 57.3 Å². The van der Waals surface area contributed by atoms with Crippen molar-refractivity contribution in [2.45, 2.75) is 6.42 Å². The van der Waals surface area contributed by atoms with Crippen molar-refractivity contribution in [3.8, 4) is 101 Å². The van der Waals surface area contributed by atoms with E-state index >= 15 is 8.78 Å². The lowest BCUT2D eigenvalue weighted by Crippen LogP contribution is -2.23. The fourth-order valence-corrected chi connectivity index (χ4v) is 15.0. The second kappa shape index (κ2) is 37.6. The van der Waals surface area contributed by atoms with Crippen molar-refractivity contribution in [2.24, 2.45) is 0 Å². The molecule has 0 heterocycles. The highest BCUT2D eigenvalue weighted by Crippen LogP contribution is 2.54. The first-order valence-electron chi connectivity index (χ1n) is 39.8. The molecule has 0 N–H and O–H groups in total. The highest BCUT2D eigenvalue weighted by atomic mass is 19.2. The summed E-state index contributed by atoms with van der Waals surface area (Å²) in [6.07, 6.45) is 0.962. The van der Waals surface area contributed by atoms with Gasteiger partial charge in [0.25, 0.3) is 0 Å². The van der Waals surface area contributed by atoms with Crippen LogP contribution in [0.1, 0.15) is 22.3 Å². The highest BCUT2D eigenvalue weighted by molar-refractivity contribution is 5.96. The number of hydrogen-bond acceptors (Lipinski definition) is 5. The van der Waals surface area contributed by atoms with Gasteiger partial charge in [-0.05, 0) is 179 Å². The first-order valence-corrected chi connectivity index (χ1v) is 39.8. The zero-order valence-corrected chi connectivity index (χ0v) is 66.2. The lowest BCUT2D eigenvalue weighted by molar-refractivity contribution is 0.376. The molecule has 123 heavy (non-hydrogen) atoms. The van der Waals surface area contributed by atoms with Gasteiger partial charge in [-0.1, -0.05) is 364 Å². The van der Waals surface area contributed by atoms with Crippen LogP contribution in [0.15, 0.2) is 437 Å². The van der Waals surface area contributed by atoms with Crippen LogP contribution in [0.2, 0.25) is 0 Å². The Labute approximate surface area is 710 Å². The van der Waals surface area contributed by atoms with Crippen molar-refractivity contribution in [1.29, 1.82) is 10.5 Å². The van der Waals surface area contributed by atoms with E-state index < -0.39 is 46.3 Å². The van der Waals surface area contributed by atoms with Crippen molar-refractivity contribution >= 4 is 51.2 Å². The minimum absolute atomic E-state index is 0.146. The summed E-state index contributed by atoms with van der Waals surface area (Å²) in [5, 5.41) is 20.1. The second-order valence-electron chi connectivity index (χ2n) is 29.0. The van der Waals surface area contributed by atoms with Gasteiger partial charge in [0.2, 0.25) is 5.82 Å². The van der Waals surface area contributed by atoms with Crippen molar-refractivity contribution in [3.05, 3.63) is 500 Å². The van der Waals surface area contributed by atoms with Crippen LogP contribution in [-0.2, 0) is 6.42 Å². The van der Waals surface area contributed by atoms with E-state index in [1.807, 2.05) is 328 Å². The minimum atomic E-state index is -2.27. The van der Waals surface area contributed by atoms with E-state index in [-0.39, 0.29) is 22.6 Å². The smallest absolute Gasteiger partial charge is 0.200 e. The molecule has 0 amide bonds. The van der Waals surface area contributed by atoms with E-state index in [9.17, 15) is 27.2 Å². The van der Waals surface area contributed by atoms with Crippen LogP contribution in [0, 0.1) is 63.4 Å². The lowest BCUT2D eigenvalue weighted by atomic mass is 9.98. The number of nitriles is 2. The maximum absolute atomic E-state index is 19.8. The van der Waals surface area contributed by atoms with Crippen molar-refractivity contribution in [3.63, 3.8) is 0 Å². The summed E-state index contributed by atoms with van der Waals surface area (Å²) in [7, 11) is 0. The Kier molecular flexibility index (Phi) is 24.7. The van der Waals surface area contributed by atoms with Crippen LogP contribution in [0.4, 0.5) is 81.9 Å². The molecule has 0 radical (unpaired) electrons. The third-order valence-corrected chi connectivity index (χ3v) is 21.3. The van der Waals surface area contributed by atoms with Crippen LogP contribution in [-0.4, -0.2) is 0 Å². The maximum Gasteiger partial charge on any atom is 0.200 e. The minimum Gasteiger partial charge on any atom is -0.306 e. The molecule has 0 unspecified atom stereocenters. The number of hydrogen-bond donors (Lipinski definition) is 0. The number of anilines is 9. The highest BCUT2D eigenvalue weighted by Gasteiger charge is 2.37. The van der Waals surface area contributed by atoms with Crippen LogP contribution in [0.5, 0.6) is 0 Å². The molecule has 0 aromatic heterocycles. The van der Waals surface area contributed by atoms with Crippen molar-refractivity contribution in [2.75, 3.05) is 14.7 Å². The van der Waals surface area contributed by atoms with Gasteiger partial charge in [-0.25, -0.2) is 30.7 Å². The summed E-state index contributed by atoms with van der Waals surface area (Å²) in [6.45, 7) is 0. The average molecular weight is 1610 g/mol. The molecule has 0 aliphatic rings.